The van der Waals surface area contributed by atoms with Crippen molar-refractivity contribution in [1.82, 2.24) is 10.2 Å². The van der Waals surface area contributed by atoms with Crippen LogP contribution in [0.3, 0.4) is 0 Å². The van der Waals surface area contributed by atoms with E-state index in [0.717, 1.165) is 25.0 Å². The third-order valence-electron chi connectivity index (χ3n) is 8.80. The lowest BCUT2D eigenvalue weighted by Crippen LogP contribution is -2.58. The van der Waals surface area contributed by atoms with Crippen molar-refractivity contribution in [2.45, 2.75) is 89.6 Å². The van der Waals surface area contributed by atoms with Crippen LogP contribution < -0.4 is 15.4 Å². The molecule has 6 unspecified atom stereocenters. The van der Waals surface area contributed by atoms with Crippen molar-refractivity contribution in [1.29, 1.82) is 0 Å². The summed E-state index contributed by atoms with van der Waals surface area (Å²) in [5, 5.41) is 6.23. The quantitative estimate of drug-likeness (QED) is 0.522. The molecule has 0 radical (unpaired) electrons. The van der Waals surface area contributed by atoms with Gasteiger partial charge in [0.05, 0.1) is 24.5 Å². The molecule has 8 atom stereocenters. The summed E-state index contributed by atoms with van der Waals surface area (Å²) in [6.45, 7) is 8.62. The first kappa shape index (κ1) is 25.8. The number of likely N-dealkylation sites (tertiary alicyclic amines) is 1. The molecule has 3 aliphatic heterocycles. The van der Waals surface area contributed by atoms with Crippen molar-refractivity contribution in [3.63, 3.8) is 0 Å². The van der Waals surface area contributed by atoms with Gasteiger partial charge in [0.15, 0.2) is 0 Å². The second-order valence-corrected chi connectivity index (χ2v) is 11.0. The van der Waals surface area contributed by atoms with E-state index in [2.05, 4.69) is 17.6 Å². The summed E-state index contributed by atoms with van der Waals surface area (Å²) < 4.78 is 11.9. The number of nitrogens with zero attached hydrogens (tertiary/aromatic N) is 1. The van der Waals surface area contributed by atoms with Gasteiger partial charge in [-0.15, -0.1) is 0 Å². The molecule has 1 aliphatic carbocycles. The first-order valence-corrected chi connectivity index (χ1v) is 13.8. The summed E-state index contributed by atoms with van der Waals surface area (Å²) in [6, 6.07) is 6.31. The predicted octanol–water partition coefficient (Wildman–Crippen LogP) is 3.67. The third kappa shape index (κ3) is 4.33. The molecule has 5 rings (SSSR count). The van der Waals surface area contributed by atoms with Gasteiger partial charge < -0.3 is 25.0 Å². The van der Waals surface area contributed by atoms with Gasteiger partial charge in [-0.25, -0.2) is 0 Å². The number of benzene rings is 1. The Labute approximate surface area is 219 Å². The van der Waals surface area contributed by atoms with Gasteiger partial charge >= 0.3 is 0 Å². The van der Waals surface area contributed by atoms with Crippen molar-refractivity contribution in [2.75, 3.05) is 11.9 Å². The molecule has 3 amide bonds. The molecule has 8 nitrogen and oxygen atoms in total. The lowest BCUT2D eigenvalue weighted by atomic mass is 9.74. The van der Waals surface area contributed by atoms with Crippen molar-refractivity contribution in [2.24, 2.45) is 17.8 Å². The summed E-state index contributed by atoms with van der Waals surface area (Å²) in [6.07, 6.45) is 8.19. The highest BCUT2D eigenvalue weighted by molar-refractivity contribution is 6.03. The van der Waals surface area contributed by atoms with E-state index in [1.54, 1.807) is 29.2 Å². The molecule has 200 valence electrons. The van der Waals surface area contributed by atoms with Crippen molar-refractivity contribution < 1.29 is 23.9 Å². The number of nitrogens with one attached hydrogen (secondary N) is 2. The Balaban J connectivity index is 1.41. The third-order valence-corrected chi connectivity index (χ3v) is 8.80. The van der Waals surface area contributed by atoms with E-state index >= 15 is 0 Å². The Hall–Kier alpha value is -2.87. The zero-order valence-electron chi connectivity index (χ0n) is 22.2. The molecule has 2 saturated heterocycles. The SMILES string of the molecule is CCOc1ccc(NC(=O)C2[C@H]3C=CC4(O3)C(C(=O)NC3CCCCC3C)N(C(C)CC)C(=O)[C@@H]24)cc1. The van der Waals surface area contributed by atoms with Crippen molar-refractivity contribution in [3.8, 4) is 5.75 Å². The predicted molar refractivity (Wildman–Crippen MR) is 140 cm³/mol. The van der Waals surface area contributed by atoms with Crippen LogP contribution in [0, 0.1) is 17.8 Å². The highest BCUT2D eigenvalue weighted by atomic mass is 16.5. The molecule has 8 heteroatoms. The molecule has 4 aliphatic rings. The first-order valence-electron chi connectivity index (χ1n) is 13.8. The normalized spacial score (nSPS) is 34.8. The zero-order valence-corrected chi connectivity index (χ0v) is 22.2. The fourth-order valence-corrected chi connectivity index (χ4v) is 6.70. The van der Waals surface area contributed by atoms with Gasteiger partial charge in [-0.2, -0.15) is 0 Å². The average Bonchev–Trinajstić information content (AvgIpc) is 3.53. The standard InChI is InChI=1S/C29H39N3O5/c1-5-18(4)32-25(27(34)31-21-10-8-7-9-17(21)3)29-16-15-22(37-29)23(24(29)28(32)35)26(33)30-19-11-13-20(14-12-19)36-6-2/h11-18,21-25H,5-10H2,1-4H3,(H,30,33)(H,31,34)/t17?,18?,21?,22-,23?,24-,25?,29?/m1/s1. The number of carbonyl (C=O) groups excluding carboxylic acids is 3. The second kappa shape index (κ2) is 10.1. The number of rotatable bonds is 8. The molecular formula is C29H39N3O5. The van der Waals surface area contributed by atoms with Crippen LogP contribution in [0.15, 0.2) is 36.4 Å². The van der Waals surface area contributed by atoms with Crippen LogP contribution in [0.25, 0.3) is 0 Å². The van der Waals surface area contributed by atoms with Gasteiger partial charge in [0.25, 0.3) is 0 Å². The Bertz CT molecular complexity index is 1070. The molecule has 1 aromatic rings. The van der Waals surface area contributed by atoms with Gasteiger partial charge in [-0.3, -0.25) is 14.4 Å². The largest absolute Gasteiger partial charge is 0.494 e. The molecule has 2 N–H and O–H groups in total. The van der Waals surface area contributed by atoms with Crippen molar-refractivity contribution in [3.05, 3.63) is 36.4 Å². The highest BCUT2D eigenvalue weighted by Crippen LogP contribution is 2.55. The van der Waals surface area contributed by atoms with Crippen LogP contribution in [0.1, 0.15) is 59.8 Å². The average molecular weight is 510 g/mol. The Morgan fingerprint density at radius 2 is 1.89 bits per heavy atom. The molecule has 3 heterocycles. The van der Waals surface area contributed by atoms with Crippen LogP contribution in [-0.4, -0.2) is 59.1 Å². The Morgan fingerprint density at radius 1 is 1.16 bits per heavy atom. The lowest BCUT2D eigenvalue weighted by molar-refractivity contribution is -0.143. The molecule has 3 fully saturated rings. The molecular weight excluding hydrogens is 470 g/mol. The number of hydrogen-bond donors (Lipinski definition) is 2. The van der Waals surface area contributed by atoms with E-state index in [9.17, 15) is 14.4 Å². The monoisotopic (exact) mass is 509 g/mol. The van der Waals surface area contributed by atoms with Gasteiger partial charge in [-0.1, -0.05) is 38.8 Å². The minimum Gasteiger partial charge on any atom is -0.494 e. The number of hydrogen-bond acceptors (Lipinski definition) is 5. The van der Waals surface area contributed by atoms with Crippen LogP contribution in [-0.2, 0) is 19.1 Å². The lowest BCUT2D eigenvalue weighted by Gasteiger charge is -2.37. The van der Waals surface area contributed by atoms with E-state index < -0.39 is 29.6 Å². The summed E-state index contributed by atoms with van der Waals surface area (Å²) in [5.41, 5.74) is -0.507. The van der Waals surface area contributed by atoms with Gasteiger partial charge in [0.2, 0.25) is 17.7 Å². The minimum absolute atomic E-state index is 0.0897. The maximum absolute atomic E-state index is 14.0. The zero-order chi connectivity index (χ0) is 26.3. The van der Waals surface area contributed by atoms with E-state index in [1.165, 1.54) is 6.42 Å². The maximum atomic E-state index is 14.0. The fraction of sp³-hybridized carbons (Fsp3) is 0.621. The summed E-state index contributed by atoms with van der Waals surface area (Å²) in [4.78, 5) is 43.1. The molecule has 1 aromatic carbocycles. The number of fused-ring (bicyclic) bond motifs is 1. The Morgan fingerprint density at radius 3 is 2.57 bits per heavy atom. The van der Waals surface area contributed by atoms with E-state index in [-0.39, 0.29) is 29.8 Å². The minimum atomic E-state index is -1.13. The van der Waals surface area contributed by atoms with Crippen LogP contribution in [0.2, 0.25) is 0 Å². The van der Waals surface area contributed by atoms with Gasteiger partial charge in [-0.05, 0) is 63.3 Å². The number of ether oxygens (including phenoxy) is 2. The number of amides is 3. The smallest absolute Gasteiger partial charge is 0.246 e. The maximum Gasteiger partial charge on any atom is 0.246 e. The number of anilines is 1. The summed E-state index contributed by atoms with van der Waals surface area (Å²) in [5.74, 6) is -0.950. The first-order chi connectivity index (χ1) is 17.8. The van der Waals surface area contributed by atoms with Crippen LogP contribution in [0.5, 0.6) is 5.75 Å². The Kier molecular flexibility index (Phi) is 7.05. The molecule has 0 aromatic heterocycles. The van der Waals surface area contributed by atoms with Crippen LogP contribution >= 0.6 is 0 Å². The molecule has 2 bridgehead atoms. The van der Waals surface area contributed by atoms with Crippen LogP contribution in [0.4, 0.5) is 5.69 Å². The topological polar surface area (TPSA) is 97.0 Å². The highest BCUT2D eigenvalue weighted by Gasteiger charge is 2.73. The van der Waals surface area contributed by atoms with E-state index in [0.29, 0.717) is 24.6 Å². The fourth-order valence-electron chi connectivity index (χ4n) is 6.70. The molecule has 1 saturated carbocycles. The molecule has 1 spiro atoms. The summed E-state index contributed by atoms with van der Waals surface area (Å²) in [7, 11) is 0. The molecule has 37 heavy (non-hydrogen) atoms. The van der Waals surface area contributed by atoms with Gasteiger partial charge in [0.1, 0.15) is 17.4 Å². The number of carbonyl (C=O) groups is 3. The summed E-state index contributed by atoms with van der Waals surface area (Å²) >= 11 is 0. The van der Waals surface area contributed by atoms with E-state index in [1.807, 2.05) is 32.9 Å². The second-order valence-electron chi connectivity index (χ2n) is 11.0. The van der Waals surface area contributed by atoms with Gasteiger partial charge in [0, 0.05) is 17.8 Å². The van der Waals surface area contributed by atoms with Crippen molar-refractivity contribution >= 4 is 23.4 Å². The van der Waals surface area contributed by atoms with E-state index in [4.69, 9.17) is 9.47 Å².